The molecule has 0 bridgehead atoms. The largest absolute Gasteiger partial charge is 0.481 e. The molecule has 0 aliphatic rings. The number of carboxylic acids is 2. The third kappa shape index (κ3) is 25.7. The molecule has 436 valence electrons. The number of rotatable bonds is 37. The molecule has 0 unspecified atom stereocenters. The van der Waals surface area contributed by atoms with Gasteiger partial charge in [0.1, 0.15) is 60.4 Å². The number of hydrogen-bond donors (Lipinski definition) is 19. The van der Waals surface area contributed by atoms with Gasteiger partial charge >= 0.3 is 11.9 Å². The van der Waals surface area contributed by atoms with Crippen molar-refractivity contribution in [3.05, 3.63) is 0 Å². The molecule has 0 aromatic carbocycles. The van der Waals surface area contributed by atoms with Crippen LogP contribution in [0.3, 0.4) is 0 Å². The molecule has 0 saturated carbocycles. The Balaban J connectivity index is 6.23. The number of nitrogens with one attached hydrogen (secondary N) is 10. The quantitative estimate of drug-likeness (QED) is 0.0257. The fraction of sp³-hybridized carbons (Fsp3) is 0.682. The molecule has 23 N–H and O–H groups in total. The standard InChI is InChI=1S/C44H76N14O19/c1-18(2)32(42(74)50-21(6)44(76)77)57-38(70)25(14-31(64)65)53-37(69)24(13-30(48)63)52-40(72)27(16-60)56-43(75)33(19(3)4)58-41(73)28(17-61)55-36(68)23(10-11-29(47)62)51-39(71)26(15-59)54-34(66)20(5)49-35(67)22(46)9-7-8-12-45/h18-28,32-33,59-61H,7-17,45-46H2,1-6H3,(H2,47,62)(H2,48,63)(H,49,67)(H,50,74)(H,51,71)(H,52,72)(H,53,69)(H,54,66)(H,55,68)(H,56,75)(H,57,70)(H,58,73)(H,64,65)(H,76,77)/t20-,21-,22-,23-,24-,25-,26-,27-,28-,32-,33-/m0/s1. The maximum absolute atomic E-state index is 13.6. The topological polar surface area (TPSA) is 565 Å². The Morgan fingerprint density at radius 3 is 1.18 bits per heavy atom. The van der Waals surface area contributed by atoms with Gasteiger partial charge in [0.05, 0.1) is 38.7 Å². The molecule has 0 radical (unpaired) electrons. The Morgan fingerprint density at radius 1 is 0.403 bits per heavy atom. The highest BCUT2D eigenvalue weighted by Gasteiger charge is 2.37. The molecule has 0 spiro atoms. The number of unbranched alkanes of at least 4 members (excludes halogenated alkanes) is 1. The number of aliphatic hydroxyl groups excluding tert-OH is 3. The van der Waals surface area contributed by atoms with Gasteiger partial charge in [0.2, 0.25) is 70.9 Å². The molecule has 77 heavy (non-hydrogen) atoms. The van der Waals surface area contributed by atoms with Gasteiger partial charge in [0.15, 0.2) is 0 Å². The van der Waals surface area contributed by atoms with E-state index in [4.69, 9.17) is 28.0 Å². The lowest BCUT2D eigenvalue weighted by Gasteiger charge is -2.28. The molecule has 0 saturated heterocycles. The van der Waals surface area contributed by atoms with E-state index in [2.05, 4.69) is 42.5 Å². The molecule has 0 fully saturated rings. The van der Waals surface area contributed by atoms with Gasteiger partial charge in [-0.1, -0.05) is 34.1 Å². The zero-order chi connectivity index (χ0) is 59.4. The van der Waals surface area contributed by atoms with E-state index in [-0.39, 0.29) is 6.42 Å². The van der Waals surface area contributed by atoms with E-state index in [0.29, 0.717) is 19.4 Å². The summed E-state index contributed by atoms with van der Waals surface area (Å²) >= 11 is 0. The molecular weight excluding hydrogens is 1030 g/mol. The van der Waals surface area contributed by atoms with Crippen LogP contribution in [0, 0.1) is 11.8 Å². The van der Waals surface area contributed by atoms with Crippen molar-refractivity contribution in [2.45, 2.75) is 153 Å². The number of nitrogens with two attached hydrogens (primary N) is 4. The molecule has 33 heteroatoms. The van der Waals surface area contributed by atoms with Crippen LogP contribution in [0.4, 0.5) is 0 Å². The van der Waals surface area contributed by atoms with Crippen LogP contribution in [0.15, 0.2) is 0 Å². The van der Waals surface area contributed by atoms with E-state index in [1.165, 1.54) is 34.6 Å². The number of amides is 12. The Hall–Kier alpha value is -7.62. The van der Waals surface area contributed by atoms with Gasteiger partial charge in [-0.25, -0.2) is 0 Å². The third-order valence-electron chi connectivity index (χ3n) is 11.1. The van der Waals surface area contributed by atoms with Crippen molar-refractivity contribution in [3.63, 3.8) is 0 Å². The van der Waals surface area contributed by atoms with Crippen LogP contribution in [0.5, 0.6) is 0 Å². The van der Waals surface area contributed by atoms with Gasteiger partial charge in [-0.05, 0) is 51.5 Å². The summed E-state index contributed by atoms with van der Waals surface area (Å²) < 4.78 is 0. The predicted octanol–water partition coefficient (Wildman–Crippen LogP) is -9.68. The smallest absolute Gasteiger partial charge is 0.325 e. The molecule has 0 aliphatic carbocycles. The summed E-state index contributed by atoms with van der Waals surface area (Å²) in [5.74, 6) is -18.3. The van der Waals surface area contributed by atoms with E-state index >= 15 is 0 Å². The zero-order valence-corrected chi connectivity index (χ0v) is 43.5. The molecule has 0 aromatic heterocycles. The van der Waals surface area contributed by atoms with Gasteiger partial charge < -0.3 is 102 Å². The first-order valence-electron chi connectivity index (χ1n) is 24.2. The van der Waals surface area contributed by atoms with Crippen molar-refractivity contribution in [2.24, 2.45) is 34.8 Å². The minimum Gasteiger partial charge on any atom is -0.481 e. The number of hydrogen-bond acceptors (Lipinski definition) is 19. The van der Waals surface area contributed by atoms with Crippen LogP contribution in [0.2, 0.25) is 0 Å². The molecule has 11 atom stereocenters. The third-order valence-corrected chi connectivity index (χ3v) is 11.1. The van der Waals surface area contributed by atoms with Gasteiger partial charge in [0.25, 0.3) is 0 Å². The van der Waals surface area contributed by atoms with Gasteiger partial charge in [-0.15, -0.1) is 0 Å². The van der Waals surface area contributed by atoms with Gasteiger partial charge in [-0.3, -0.25) is 67.1 Å². The second kappa shape index (κ2) is 34.9. The molecule has 12 amide bonds. The summed E-state index contributed by atoms with van der Waals surface area (Å²) in [4.78, 5) is 179. The van der Waals surface area contributed by atoms with E-state index < -0.39 is 207 Å². The molecule has 0 rings (SSSR count). The number of carbonyl (C=O) groups excluding carboxylic acids is 12. The highest BCUT2D eigenvalue weighted by Crippen LogP contribution is 2.08. The van der Waals surface area contributed by atoms with Crippen LogP contribution < -0.4 is 76.1 Å². The minimum absolute atomic E-state index is 0.265. The first-order valence-corrected chi connectivity index (χ1v) is 24.2. The molecule has 0 heterocycles. The first-order chi connectivity index (χ1) is 35.8. The number of aliphatic carboxylic acids is 2. The normalized spacial score (nSPS) is 15.3. The van der Waals surface area contributed by atoms with E-state index in [1.54, 1.807) is 0 Å². The fourth-order valence-corrected chi connectivity index (χ4v) is 6.55. The molecular formula is C44H76N14O19. The molecule has 0 aliphatic heterocycles. The molecule has 0 aromatic rings. The Labute approximate surface area is 442 Å². The van der Waals surface area contributed by atoms with Crippen molar-refractivity contribution in [2.75, 3.05) is 26.4 Å². The van der Waals surface area contributed by atoms with Crippen LogP contribution in [0.25, 0.3) is 0 Å². The van der Waals surface area contributed by atoms with Crippen molar-refractivity contribution in [1.29, 1.82) is 0 Å². The molecule has 33 nitrogen and oxygen atoms in total. The summed E-state index contributed by atoms with van der Waals surface area (Å²) in [6.45, 7) is 5.08. The second-order valence-corrected chi connectivity index (χ2v) is 18.3. The van der Waals surface area contributed by atoms with E-state index in [0.717, 1.165) is 6.92 Å². The number of carbonyl (C=O) groups is 14. The Bertz CT molecular complexity index is 2110. The number of carboxylic acid groups (broad SMARTS) is 2. The lowest BCUT2D eigenvalue weighted by molar-refractivity contribution is -0.143. The average Bonchev–Trinajstić information content (AvgIpc) is 3.34. The average molecular weight is 1110 g/mol. The second-order valence-electron chi connectivity index (χ2n) is 18.3. The van der Waals surface area contributed by atoms with Crippen LogP contribution >= 0.6 is 0 Å². The van der Waals surface area contributed by atoms with Crippen molar-refractivity contribution < 1.29 is 92.7 Å². The van der Waals surface area contributed by atoms with Crippen molar-refractivity contribution >= 4 is 82.8 Å². The number of aliphatic hydroxyl groups is 3. The highest BCUT2D eigenvalue weighted by atomic mass is 16.4. The van der Waals surface area contributed by atoms with Gasteiger partial charge in [-0.2, -0.15) is 0 Å². The monoisotopic (exact) mass is 1100 g/mol. The summed E-state index contributed by atoms with van der Waals surface area (Å²) in [6.07, 6.45) is -1.79. The summed E-state index contributed by atoms with van der Waals surface area (Å²) in [5.41, 5.74) is 21.8. The summed E-state index contributed by atoms with van der Waals surface area (Å²) in [7, 11) is 0. The van der Waals surface area contributed by atoms with Crippen LogP contribution in [0.1, 0.15) is 86.5 Å². The Morgan fingerprint density at radius 2 is 0.766 bits per heavy atom. The van der Waals surface area contributed by atoms with Crippen LogP contribution in [-0.2, 0) is 67.1 Å². The van der Waals surface area contributed by atoms with Crippen molar-refractivity contribution in [3.8, 4) is 0 Å². The first kappa shape index (κ1) is 69.4. The Kier molecular flexibility index (Phi) is 31.4. The lowest BCUT2D eigenvalue weighted by Crippen LogP contribution is -2.62. The lowest BCUT2D eigenvalue weighted by atomic mass is 10.0. The van der Waals surface area contributed by atoms with Crippen molar-refractivity contribution in [1.82, 2.24) is 53.2 Å². The maximum Gasteiger partial charge on any atom is 0.325 e. The van der Waals surface area contributed by atoms with Crippen LogP contribution in [-0.4, -0.2) is 201 Å². The fourth-order valence-electron chi connectivity index (χ4n) is 6.55. The predicted molar refractivity (Wildman–Crippen MR) is 265 cm³/mol. The van der Waals surface area contributed by atoms with Gasteiger partial charge in [0, 0.05) is 6.42 Å². The maximum atomic E-state index is 13.6. The summed E-state index contributed by atoms with van der Waals surface area (Å²) in [5, 5.41) is 70.6. The zero-order valence-electron chi connectivity index (χ0n) is 43.5. The SMILES string of the molecule is CC(C)[C@H](NC(=O)[C@H](CC(=O)O)NC(=O)[C@H](CC(N)=O)NC(=O)[C@H](CO)NC(=O)[C@@H](NC(=O)[C@H](CO)NC(=O)[C@H](CCC(N)=O)NC(=O)[C@H](CO)NC(=O)[C@H](C)NC(=O)[C@@H](N)CCCCN)C(C)C)C(=O)N[C@@H](C)C(=O)O. The number of primary amides is 2. The highest BCUT2D eigenvalue weighted by molar-refractivity contribution is 6.00. The van der Waals surface area contributed by atoms with E-state index in [9.17, 15) is 87.5 Å². The summed E-state index contributed by atoms with van der Waals surface area (Å²) in [6, 6.07) is -18.1. The minimum atomic E-state index is -2.01. The van der Waals surface area contributed by atoms with E-state index in [1.807, 2.05) is 10.6 Å².